The van der Waals surface area contributed by atoms with Crippen LogP contribution >= 0.6 is 0 Å². The summed E-state index contributed by atoms with van der Waals surface area (Å²) in [5.74, 6) is 0.0149. The largest absolute Gasteiger partial charge is 0.507 e. The average Bonchev–Trinajstić information content (AvgIpc) is 2.71. The first kappa shape index (κ1) is 16.4. The molecule has 4 heteroatoms. The van der Waals surface area contributed by atoms with Gasteiger partial charge in [0.15, 0.2) is 0 Å². The van der Waals surface area contributed by atoms with E-state index in [1.165, 1.54) is 0 Å². The zero-order chi connectivity index (χ0) is 17.6. The first-order valence-electron chi connectivity index (χ1n) is 8.28. The number of nitrogens with one attached hydrogen (secondary N) is 1. The quantitative estimate of drug-likeness (QED) is 0.790. The highest BCUT2D eigenvalue weighted by Crippen LogP contribution is 2.49. The molecule has 1 heterocycles. The molecule has 0 aliphatic carbocycles. The van der Waals surface area contributed by atoms with Gasteiger partial charge in [0.1, 0.15) is 11.5 Å². The van der Waals surface area contributed by atoms with E-state index in [1.807, 2.05) is 32.9 Å². The number of benzene rings is 2. The second-order valence-electron chi connectivity index (χ2n) is 7.02. The van der Waals surface area contributed by atoms with Crippen molar-refractivity contribution in [3.05, 3.63) is 41.0 Å². The van der Waals surface area contributed by atoms with Crippen LogP contribution in [0.5, 0.6) is 11.5 Å². The minimum Gasteiger partial charge on any atom is -0.507 e. The van der Waals surface area contributed by atoms with E-state index in [0.29, 0.717) is 5.56 Å². The van der Waals surface area contributed by atoms with Crippen molar-refractivity contribution in [1.29, 1.82) is 0 Å². The number of fused-ring (bicyclic) bond motifs is 1. The van der Waals surface area contributed by atoms with Crippen molar-refractivity contribution in [3.8, 4) is 22.6 Å². The van der Waals surface area contributed by atoms with Crippen molar-refractivity contribution in [1.82, 2.24) is 0 Å². The lowest BCUT2D eigenvalue weighted by Crippen LogP contribution is -2.27. The summed E-state index contributed by atoms with van der Waals surface area (Å²) in [5, 5.41) is 24.1. The highest BCUT2D eigenvalue weighted by molar-refractivity contribution is 6.09. The summed E-state index contributed by atoms with van der Waals surface area (Å²) in [7, 11) is 0. The molecule has 0 atom stereocenters. The number of rotatable bonds is 3. The van der Waals surface area contributed by atoms with E-state index < -0.39 is 5.41 Å². The van der Waals surface area contributed by atoms with Gasteiger partial charge < -0.3 is 15.5 Å². The van der Waals surface area contributed by atoms with Crippen molar-refractivity contribution in [2.24, 2.45) is 0 Å². The van der Waals surface area contributed by atoms with Crippen LogP contribution in [0.3, 0.4) is 0 Å². The van der Waals surface area contributed by atoms with Gasteiger partial charge in [-0.3, -0.25) is 4.79 Å². The Morgan fingerprint density at radius 1 is 1.08 bits per heavy atom. The second kappa shape index (κ2) is 5.55. The highest BCUT2D eigenvalue weighted by atomic mass is 16.3. The number of amides is 1. The summed E-state index contributed by atoms with van der Waals surface area (Å²) in [6.45, 7) is 7.69. The number of aromatic hydroxyl groups is 2. The molecule has 24 heavy (non-hydrogen) atoms. The van der Waals surface area contributed by atoms with Gasteiger partial charge in [0.05, 0.1) is 11.0 Å². The Bertz CT molecular complexity index is 814. The third-order valence-electron chi connectivity index (χ3n) is 4.80. The lowest BCUT2D eigenvalue weighted by molar-refractivity contribution is -0.119. The predicted octanol–water partition coefficient (Wildman–Crippen LogP) is 4.26. The maximum Gasteiger partial charge on any atom is 0.234 e. The second-order valence-corrected chi connectivity index (χ2v) is 7.02. The molecule has 1 amide bonds. The first-order chi connectivity index (χ1) is 11.3. The van der Waals surface area contributed by atoms with Crippen LogP contribution in [0.1, 0.15) is 43.9 Å². The Kier molecular flexibility index (Phi) is 3.78. The fraction of sp³-hybridized carbons (Fsp3) is 0.350. The van der Waals surface area contributed by atoms with Crippen molar-refractivity contribution in [2.45, 2.75) is 46.0 Å². The van der Waals surface area contributed by atoms with E-state index in [9.17, 15) is 15.0 Å². The number of phenolic OH excluding ortho intramolecular Hbond substituents is 2. The number of carbonyl (C=O) groups is 1. The van der Waals surface area contributed by atoms with Gasteiger partial charge in [-0.2, -0.15) is 0 Å². The van der Waals surface area contributed by atoms with E-state index in [1.54, 1.807) is 12.1 Å². The van der Waals surface area contributed by atoms with Crippen LogP contribution in [0.4, 0.5) is 5.69 Å². The monoisotopic (exact) mass is 325 g/mol. The van der Waals surface area contributed by atoms with Gasteiger partial charge >= 0.3 is 0 Å². The molecule has 0 saturated carbocycles. The van der Waals surface area contributed by atoms with Crippen molar-refractivity contribution >= 4 is 11.6 Å². The molecule has 0 unspecified atom stereocenters. The molecule has 0 aromatic heterocycles. The molecule has 0 saturated heterocycles. The predicted molar refractivity (Wildman–Crippen MR) is 95.6 cm³/mol. The van der Waals surface area contributed by atoms with Crippen molar-refractivity contribution in [3.63, 3.8) is 0 Å². The van der Waals surface area contributed by atoms with Gasteiger partial charge in [-0.1, -0.05) is 19.4 Å². The Morgan fingerprint density at radius 2 is 1.71 bits per heavy atom. The van der Waals surface area contributed by atoms with Gasteiger partial charge in [-0.15, -0.1) is 0 Å². The van der Waals surface area contributed by atoms with Crippen LogP contribution in [0, 0.1) is 6.92 Å². The first-order valence-corrected chi connectivity index (χ1v) is 8.28. The lowest BCUT2D eigenvalue weighted by atomic mass is 9.79. The molecule has 2 aromatic rings. The van der Waals surface area contributed by atoms with Gasteiger partial charge in [-0.25, -0.2) is 0 Å². The van der Waals surface area contributed by atoms with Gasteiger partial charge in [-0.05, 0) is 67.6 Å². The normalized spacial score (nSPS) is 15.2. The molecular weight excluding hydrogens is 302 g/mol. The highest BCUT2D eigenvalue weighted by Gasteiger charge is 2.41. The van der Waals surface area contributed by atoms with Crippen molar-refractivity contribution < 1.29 is 15.0 Å². The van der Waals surface area contributed by atoms with E-state index in [0.717, 1.165) is 40.8 Å². The van der Waals surface area contributed by atoms with Crippen LogP contribution in [0.15, 0.2) is 24.3 Å². The SMILES string of the molecule is CCCc1cc(O)c(-c2c(C)ccc3c2C(C)(C)C(=O)N3)c(O)c1. The summed E-state index contributed by atoms with van der Waals surface area (Å²) in [5.41, 5.74) is 3.77. The number of aryl methyl sites for hydroxylation is 2. The Morgan fingerprint density at radius 3 is 2.29 bits per heavy atom. The molecule has 3 rings (SSSR count). The Hall–Kier alpha value is -2.49. The van der Waals surface area contributed by atoms with Crippen molar-refractivity contribution in [2.75, 3.05) is 5.32 Å². The maximum atomic E-state index is 12.3. The van der Waals surface area contributed by atoms with Crippen LogP contribution in [-0.2, 0) is 16.6 Å². The average molecular weight is 325 g/mol. The molecule has 0 bridgehead atoms. The molecule has 1 aliphatic heterocycles. The summed E-state index contributed by atoms with van der Waals surface area (Å²) in [4.78, 5) is 12.3. The molecule has 2 aromatic carbocycles. The molecule has 126 valence electrons. The fourth-order valence-corrected chi connectivity index (χ4v) is 3.53. The van der Waals surface area contributed by atoms with Gasteiger partial charge in [0, 0.05) is 5.69 Å². The molecular formula is C20H23NO3. The van der Waals surface area contributed by atoms with Crippen LogP contribution in [0.2, 0.25) is 0 Å². The minimum absolute atomic E-state index is 0.0464. The smallest absolute Gasteiger partial charge is 0.234 e. The molecule has 0 radical (unpaired) electrons. The molecule has 1 aliphatic rings. The summed E-state index contributed by atoms with van der Waals surface area (Å²) >= 11 is 0. The number of phenols is 2. The molecule has 4 nitrogen and oxygen atoms in total. The fourth-order valence-electron chi connectivity index (χ4n) is 3.53. The number of hydrogen-bond donors (Lipinski definition) is 3. The zero-order valence-electron chi connectivity index (χ0n) is 14.5. The molecule has 0 fully saturated rings. The Labute approximate surface area is 142 Å². The number of hydrogen-bond acceptors (Lipinski definition) is 3. The number of carbonyl (C=O) groups excluding carboxylic acids is 1. The Balaban J connectivity index is 2.30. The van der Waals surface area contributed by atoms with E-state index >= 15 is 0 Å². The molecule has 0 spiro atoms. The van der Waals surface area contributed by atoms with E-state index in [4.69, 9.17) is 0 Å². The third kappa shape index (κ3) is 2.33. The maximum absolute atomic E-state index is 12.3. The van der Waals surface area contributed by atoms with Crippen LogP contribution in [0.25, 0.3) is 11.1 Å². The van der Waals surface area contributed by atoms with E-state index in [2.05, 4.69) is 12.2 Å². The van der Waals surface area contributed by atoms with Crippen LogP contribution in [-0.4, -0.2) is 16.1 Å². The van der Waals surface area contributed by atoms with E-state index in [-0.39, 0.29) is 17.4 Å². The minimum atomic E-state index is -0.725. The topological polar surface area (TPSA) is 69.6 Å². The lowest BCUT2D eigenvalue weighted by Gasteiger charge is -2.22. The van der Waals surface area contributed by atoms with Crippen LogP contribution < -0.4 is 5.32 Å². The summed E-state index contributed by atoms with van der Waals surface area (Å²) in [6, 6.07) is 7.18. The summed E-state index contributed by atoms with van der Waals surface area (Å²) in [6.07, 6.45) is 1.72. The molecule has 3 N–H and O–H groups in total. The standard InChI is InChI=1S/C20H23NO3/c1-5-6-12-9-14(22)17(15(23)10-12)16-11(2)7-8-13-18(16)20(3,4)19(24)21-13/h7-10,22-23H,5-6H2,1-4H3,(H,21,24). The van der Waals surface area contributed by atoms with Gasteiger partial charge in [0.25, 0.3) is 0 Å². The number of anilines is 1. The van der Waals surface area contributed by atoms with Gasteiger partial charge in [0.2, 0.25) is 5.91 Å². The zero-order valence-corrected chi connectivity index (χ0v) is 14.5. The summed E-state index contributed by atoms with van der Waals surface area (Å²) < 4.78 is 0. The third-order valence-corrected chi connectivity index (χ3v) is 4.80.